The summed E-state index contributed by atoms with van der Waals surface area (Å²) in [6, 6.07) is 96.0. The Kier molecular flexibility index (Phi) is 11.8. The Bertz CT molecular complexity index is 3350. The van der Waals surface area contributed by atoms with Gasteiger partial charge in [-0.3, -0.25) is 0 Å². The molecule has 1 saturated carbocycles. The molecule has 0 bridgehead atoms. The molecule has 0 radical (unpaired) electrons. The molecule has 0 aromatic heterocycles. The lowest BCUT2D eigenvalue weighted by Crippen LogP contribution is -2.74. The van der Waals surface area contributed by atoms with E-state index >= 15 is 0 Å². The van der Waals surface area contributed by atoms with Crippen LogP contribution in [0, 0.1) is 0 Å². The first-order chi connectivity index (χ1) is 35.0. The van der Waals surface area contributed by atoms with E-state index in [1.807, 2.05) is 0 Å². The van der Waals surface area contributed by atoms with Crippen LogP contribution in [0.3, 0.4) is 0 Å². The Morgan fingerprint density at radius 3 is 1.37 bits per heavy atom. The number of anilines is 3. The zero-order chi connectivity index (χ0) is 47.8. The van der Waals surface area contributed by atoms with Crippen molar-refractivity contribution in [3.63, 3.8) is 0 Å². The highest BCUT2D eigenvalue weighted by molar-refractivity contribution is 7.19. The summed E-state index contributed by atoms with van der Waals surface area (Å²) in [6.07, 6.45) is 6.47. The maximum Gasteiger partial charge on any atom is 0.179 e. The van der Waals surface area contributed by atoms with Crippen LogP contribution in [-0.4, -0.2) is 8.07 Å². The molecule has 0 N–H and O–H groups in total. The standard InChI is InChI=1S/C69H59NSi/c1-69(2)66-48-54(62-36-22-21-35-61(62)51-25-11-4-12-26-51)37-44-63(66)64-45-41-56(49-67(64)69)70(68-46-38-53(50-23-9-3-10-24-50)47-65(68)52-27-13-5-14-28-52)55-39-42-60(43-40-55)71(57-29-15-6-16-30-57,58-31-17-7-18-32-58)59-33-19-8-20-34-59/h4-8,11-22,25-50H,3,9-10,23-24H2,1-2H3. The lowest BCUT2D eigenvalue weighted by atomic mass is 9.81. The Morgan fingerprint density at radius 1 is 0.352 bits per heavy atom. The van der Waals surface area contributed by atoms with Crippen molar-refractivity contribution in [1.29, 1.82) is 0 Å². The van der Waals surface area contributed by atoms with E-state index in [1.54, 1.807) is 0 Å². The molecule has 0 spiro atoms. The highest BCUT2D eigenvalue weighted by atomic mass is 28.3. The number of nitrogens with zero attached hydrogens (tertiary/aromatic N) is 1. The van der Waals surface area contributed by atoms with Gasteiger partial charge in [-0.05, 0) is 138 Å². The van der Waals surface area contributed by atoms with Gasteiger partial charge in [0.2, 0.25) is 0 Å². The Labute approximate surface area is 421 Å². The topological polar surface area (TPSA) is 3.24 Å². The van der Waals surface area contributed by atoms with Crippen molar-refractivity contribution in [2.24, 2.45) is 0 Å². The summed E-state index contributed by atoms with van der Waals surface area (Å²) in [5.74, 6) is 0.587. The Balaban J connectivity index is 1.03. The SMILES string of the molecule is CC1(C)c2cc(-c3ccccc3-c3ccccc3)ccc2-c2ccc(N(c3ccc([Si](c4ccccc4)(c4ccccc4)c4ccccc4)cc3)c3ccc(C4CCCCC4)cc3-c3ccccc3)cc21. The lowest BCUT2D eigenvalue weighted by molar-refractivity contribution is 0.444. The van der Waals surface area contributed by atoms with Crippen LogP contribution in [0.4, 0.5) is 17.1 Å². The van der Waals surface area contributed by atoms with Gasteiger partial charge in [0.1, 0.15) is 0 Å². The smallest absolute Gasteiger partial charge is 0.179 e. The summed E-state index contributed by atoms with van der Waals surface area (Å²) in [5, 5.41) is 5.48. The van der Waals surface area contributed by atoms with Crippen LogP contribution < -0.4 is 25.6 Å². The van der Waals surface area contributed by atoms with Gasteiger partial charge in [0, 0.05) is 22.4 Å². The third-order valence-corrected chi connectivity index (χ3v) is 20.6. The first-order valence-electron chi connectivity index (χ1n) is 25.7. The van der Waals surface area contributed by atoms with Gasteiger partial charge in [-0.25, -0.2) is 0 Å². The molecule has 10 aromatic rings. The van der Waals surface area contributed by atoms with E-state index in [0.717, 1.165) is 11.4 Å². The number of fused-ring (bicyclic) bond motifs is 3. The first-order valence-corrected chi connectivity index (χ1v) is 27.7. The molecule has 0 amide bonds. The monoisotopic (exact) mass is 929 g/mol. The molecular formula is C69H59NSi. The molecule has 2 heteroatoms. The van der Waals surface area contributed by atoms with Gasteiger partial charge in [0.15, 0.2) is 8.07 Å². The fourth-order valence-electron chi connectivity index (χ4n) is 12.3. The summed E-state index contributed by atoms with van der Waals surface area (Å²) in [4.78, 5) is 2.55. The van der Waals surface area contributed by atoms with Crippen molar-refractivity contribution in [2.45, 2.75) is 57.3 Å². The lowest BCUT2D eigenvalue weighted by Gasteiger charge is -2.35. The second-order valence-electron chi connectivity index (χ2n) is 20.2. The number of rotatable bonds is 11. The number of hydrogen-bond donors (Lipinski definition) is 0. The van der Waals surface area contributed by atoms with E-state index < -0.39 is 8.07 Å². The molecule has 1 nitrogen and oxygen atoms in total. The van der Waals surface area contributed by atoms with Gasteiger partial charge in [-0.15, -0.1) is 0 Å². The minimum Gasteiger partial charge on any atom is -0.310 e. The van der Waals surface area contributed by atoms with Crippen molar-refractivity contribution >= 4 is 45.9 Å². The third kappa shape index (κ3) is 7.97. The summed E-state index contributed by atoms with van der Waals surface area (Å²) in [5.41, 5.74) is 17.6. The third-order valence-electron chi connectivity index (χ3n) is 15.8. The number of hydrogen-bond acceptors (Lipinski definition) is 1. The predicted molar refractivity (Wildman–Crippen MR) is 304 cm³/mol. The summed E-state index contributed by atoms with van der Waals surface area (Å²) in [7, 11) is -2.75. The van der Waals surface area contributed by atoms with E-state index in [4.69, 9.17) is 0 Å². The Morgan fingerprint density at radius 2 is 0.803 bits per heavy atom. The van der Waals surface area contributed by atoms with E-state index in [-0.39, 0.29) is 5.41 Å². The first kappa shape index (κ1) is 44.4. The van der Waals surface area contributed by atoms with Crippen LogP contribution in [0.5, 0.6) is 0 Å². The highest BCUT2D eigenvalue weighted by Crippen LogP contribution is 2.53. The van der Waals surface area contributed by atoms with Crippen LogP contribution in [0.15, 0.2) is 255 Å². The highest BCUT2D eigenvalue weighted by Gasteiger charge is 2.42. The largest absolute Gasteiger partial charge is 0.310 e. The molecule has 71 heavy (non-hydrogen) atoms. The maximum absolute atomic E-state index is 2.75. The molecule has 1 fully saturated rings. The van der Waals surface area contributed by atoms with Crippen LogP contribution in [0.1, 0.15) is 68.6 Å². The van der Waals surface area contributed by atoms with Crippen LogP contribution in [0.2, 0.25) is 0 Å². The van der Waals surface area contributed by atoms with Crippen molar-refractivity contribution in [3.8, 4) is 44.5 Å². The Hall–Kier alpha value is -7.78. The van der Waals surface area contributed by atoms with Crippen LogP contribution in [-0.2, 0) is 5.41 Å². The molecule has 344 valence electrons. The zero-order valence-corrected chi connectivity index (χ0v) is 41.8. The minimum atomic E-state index is -2.75. The molecule has 0 heterocycles. The maximum atomic E-state index is 2.55. The van der Waals surface area contributed by atoms with Gasteiger partial charge < -0.3 is 4.90 Å². The van der Waals surface area contributed by atoms with E-state index in [1.165, 1.54) is 120 Å². The van der Waals surface area contributed by atoms with Gasteiger partial charge in [0.05, 0.1) is 5.69 Å². The van der Waals surface area contributed by atoms with Gasteiger partial charge in [-0.1, -0.05) is 245 Å². The van der Waals surface area contributed by atoms with Crippen LogP contribution in [0.25, 0.3) is 44.5 Å². The molecule has 10 aromatic carbocycles. The second-order valence-corrected chi connectivity index (χ2v) is 24.0. The van der Waals surface area contributed by atoms with E-state index in [9.17, 15) is 0 Å². The predicted octanol–water partition coefficient (Wildman–Crippen LogP) is 15.9. The molecular weight excluding hydrogens is 871 g/mol. The average molecular weight is 930 g/mol. The van der Waals surface area contributed by atoms with E-state index in [0.29, 0.717) is 5.92 Å². The molecule has 0 unspecified atom stereocenters. The summed E-state index contributed by atoms with van der Waals surface area (Å²) in [6.45, 7) is 4.84. The second kappa shape index (κ2) is 18.8. The van der Waals surface area contributed by atoms with Crippen molar-refractivity contribution < 1.29 is 0 Å². The van der Waals surface area contributed by atoms with Gasteiger partial charge in [-0.2, -0.15) is 0 Å². The van der Waals surface area contributed by atoms with Gasteiger partial charge in [0.25, 0.3) is 0 Å². The van der Waals surface area contributed by atoms with E-state index in [2.05, 4.69) is 274 Å². The number of benzene rings is 10. The average Bonchev–Trinajstić information content (AvgIpc) is 3.67. The van der Waals surface area contributed by atoms with Crippen molar-refractivity contribution in [3.05, 3.63) is 271 Å². The fourth-order valence-corrected chi connectivity index (χ4v) is 17.0. The quantitative estimate of drug-likeness (QED) is 0.0923. The molecule has 0 atom stereocenters. The minimum absolute atomic E-state index is 0.243. The van der Waals surface area contributed by atoms with Crippen molar-refractivity contribution in [2.75, 3.05) is 4.90 Å². The molecule has 2 aliphatic rings. The molecule has 0 aliphatic heterocycles. The molecule has 12 rings (SSSR count). The molecule has 0 saturated heterocycles. The zero-order valence-electron chi connectivity index (χ0n) is 40.8. The van der Waals surface area contributed by atoms with Gasteiger partial charge >= 0.3 is 0 Å². The normalized spacial score (nSPS) is 14.1. The fraction of sp³-hybridized carbons (Fsp3) is 0.130. The summed E-state index contributed by atoms with van der Waals surface area (Å²) < 4.78 is 0. The van der Waals surface area contributed by atoms with Crippen molar-refractivity contribution in [1.82, 2.24) is 0 Å². The summed E-state index contributed by atoms with van der Waals surface area (Å²) >= 11 is 0. The van der Waals surface area contributed by atoms with Crippen LogP contribution >= 0.6 is 0 Å². The molecule has 2 aliphatic carbocycles.